The first-order chi connectivity index (χ1) is 10.6. The average molecular weight is 300 g/mol. The molecule has 2 aromatic rings. The van der Waals surface area contributed by atoms with Crippen molar-refractivity contribution >= 4 is 17.1 Å². The number of nitrogens with zero attached hydrogens (tertiary/aromatic N) is 3. The van der Waals surface area contributed by atoms with Crippen LogP contribution in [0.4, 0.5) is 0 Å². The molecule has 6 nitrogen and oxygen atoms in total. The van der Waals surface area contributed by atoms with Crippen molar-refractivity contribution in [3.63, 3.8) is 0 Å². The molecule has 6 heteroatoms. The molecule has 1 aliphatic heterocycles. The van der Waals surface area contributed by atoms with Gasteiger partial charge in [0.1, 0.15) is 0 Å². The summed E-state index contributed by atoms with van der Waals surface area (Å²) in [7, 11) is 0. The molecule has 0 bridgehead atoms. The minimum atomic E-state index is -0.0408. The lowest BCUT2D eigenvalue weighted by atomic mass is 9.94. The second-order valence-corrected chi connectivity index (χ2v) is 5.44. The lowest BCUT2D eigenvalue weighted by Crippen LogP contribution is -2.32. The van der Waals surface area contributed by atoms with Crippen molar-refractivity contribution in [3.8, 4) is 5.88 Å². The number of aryl methyl sites for hydroxylation is 1. The molecule has 3 heterocycles. The van der Waals surface area contributed by atoms with Gasteiger partial charge in [-0.25, -0.2) is 9.94 Å². The van der Waals surface area contributed by atoms with Gasteiger partial charge in [-0.1, -0.05) is 13.8 Å². The van der Waals surface area contributed by atoms with Crippen LogP contribution in [0.5, 0.6) is 5.88 Å². The first-order valence-electron chi connectivity index (χ1n) is 7.65. The maximum absolute atomic E-state index is 11.4. The van der Waals surface area contributed by atoms with Crippen molar-refractivity contribution in [3.05, 3.63) is 29.5 Å². The highest BCUT2D eigenvalue weighted by atomic mass is 16.5. The summed E-state index contributed by atoms with van der Waals surface area (Å²) in [6.07, 6.45) is 1.30. The first-order valence-corrected chi connectivity index (χ1v) is 7.65. The molecule has 22 heavy (non-hydrogen) atoms. The van der Waals surface area contributed by atoms with Crippen LogP contribution in [0.3, 0.4) is 0 Å². The Bertz CT molecular complexity index is 748. The van der Waals surface area contributed by atoms with Crippen molar-refractivity contribution < 1.29 is 9.53 Å². The van der Waals surface area contributed by atoms with E-state index in [1.807, 2.05) is 30.5 Å². The minimum absolute atomic E-state index is 0.0408. The molecule has 0 saturated carbocycles. The Morgan fingerprint density at radius 3 is 2.91 bits per heavy atom. The maximum atomic E-state index is 11.4. The van der Waals surface area contributed by atoms with Crippen LogP contribution in [-0.4, -0.2) is 27.8 Å². The van der Waals surface area contributed by atoms with E-state index in [2.05, 4.69) is 28.6 Å². The fraction of sp³-hybridized carbons (Fsp3) is 0.438. The number of amides is 1. The summed E-state index contributed by atoms with van der Waals surface area (Å²) in [5.74, 6) is 0.755. The van der Waals surface area contributed by atoms with Gasteiger partial charge in [-0.2, -0.15) is 10.2 Å². The summed E-state index contributed by atoms with van der Waals surface area (Å²) in [5.41, 5.74) is 6.41. The van der Waals surface area contributed by atoms with Crippen LogP contribution in [0, 0.1) is 5.92 Å². The van der Waals surface area contributed by atoms with E-state index in [0.717, 1.165) is 28.9 Å². The van der Waals surface area contributed by atoms with Gasteiger partial charge in [-0.3, -0.25) is 4.79 Å². The molecule has 2 aromatic heterocycles. The summed E-state index contributed by atoms with van der Waals surface area (Å²) < 4.78 is 7.48. The Morgan fingerprint density at radius 2 is 2.23 bits per heavy atom. The highest BCUT2D eigenvalue weighted by Gasteiger charge is 2.24. The number of hydrogen-bond acceptors (Lipinski definition) is 4. The lowest BCUT2D eigenvalue weighted by molar-refractivity contribution is -0.121. The molecule has 116 valence electrons. The van der Waals surface area contributed by atoms with Crippen LogP contribution in [0.25, 0.3) is 5.52 Å². The Labute approximate surface area is 129 Å². The van der Waals surface area contributed by atoms with Crippen LogP contribution in [0.15, 0.2) is 23.3 Å². The zero-order valence-electron chi connectivity index (χ0n) is 13.1. The highest BCUT2D eigenvalue weighted by molar-refractivity contribution is 6.10. The largest absolute Gasteiger partial charge is 0.478 e. The summed E-state index contributed by atoms with van der Waals surface area (Å²) in [6, 6.07) is 5.96. The standard InChI is InChI=1S/C16H20N4O2/c1-4-11-9-13-12(16-10(3)8-14(21)17-18-16)6-7-15(22-5-2)20(13)19-11/h6-7,9-10H,4-5,8H2,1-3H3,(H,17,21). The topological polar surface area (TPSA) is 68.0 Å². The number of carbonyl (C=O) groups is 1. The lowest BCUT2D eigenvalue weighted by Gasteiger charge is -2.20. The molecule has 1 unspecified atom stereocenters. The molecule has 0 aliphatic carbocycles. The maximum Gasteiger partial charge on any atom is 0.240 e. The molecule has 0 radical (unpaired) electrons. The van der Waals surface area contributed by atoms with E-state index in [-0.39, 0.29) is 11.8 Å². The zero-order valence-corrected chi connectivity index (χ0v) is 13.1. The van der Waals surface area contributed by atoms with Crippen molar-refractivity contribution in [1.82, 2.24) is 15.0 Å². The number of carbonyl (C=O) groups excluding carboxylic acids is 1. The molecular formula is C16H20N4O2. The molecule has 0 spiro atoms. The third-order valence-corrected chi connectivity index (χ3v) is 3.83. The van der Waals surface area contributed by atoms with Gasteiger partial charge in [0.05, 0.1) is 23.5 Å². The number of ether oxygens (including phenoxy) is 1. The van der Waals surface area contributed by atoms with Crippen LogP contribution in [0.2, 0.25) is 0 Å². The zero-order chi connectivity index (χ0) is 15.7. The molecule has 0 saturated heterocycles. The Morgan fingerprint density at radius 1 is 1.41 bits per heavy atom. The third-order valence-electron chi connectivity index (χ3n) is 3.83. The summed E-state index contributed by atoms with van der Waals surface area (Å²) in [6.45, 7) is 6.63. The Kier molecular flexibility index (Phi) is 3.83. The van der Waals surface area contributed by atoms with E-state index < -0.39 is 0 Å². The van der Waals surface area contributed by atoms with Crippen LogP contribution < -0.4 is 10.2 Å². The number of rotatable bonds is 4. The van der Waals surface area contributed by atoms with Crippen molar-refractivity contribution in [1.29, 1.82) is 0 Å². The Balaban J connectivity index is 2.16. The van der Waals surface area contributed by atoms with E-state index in [0.29, 0.717) is 18.9 Å². The SMILES string of the molecule is CCOc1ccc(C2=NNC(=O)CC2C)c2cc(CC)nn12. The molecule has 1 aliphatic rings. The monoisotopic (exact) mass is 300 g/mol. The summed E-state index contributed by atoms with van der Waals surface area (Å²) in [4.78, 5) is 11.4. The van der Waals surface area contributed by atoms with Crippen molar-refractivity contribution in [2.24, 2.45) is 11.0 Å². The predicted molar refractivity (Wildman–Crippen MR) is 84.2 cm³/mol. The molecule has 0 aromatic carbocycles. The second-order valence-electron chi connectivity index (χ2n) is 5.44. The smallest absolute Gasteiger partial charge is 0.240 e. The van der Waals surface area contributed by atoms with Gasteiger partial charge in [-0.05, 0) is 25.5 Å². The minimum Gasteiger partial charge on any atom is -0.478 e. The molecule has 3 rings (SSSR count). The van der Waals surface area contributed by atoms with E-state index >= 15 is 0 Å². The van der Waals surface area contributed by atoms with Crippen LogP contribution in [-0.2, 0) is 11.2 Å². The van der Waals surface area contributed by atoms with E-state index in [1.54, 1.807) is 0 Å². The van der Waals surface area contributed by atoms with Crippen LogP contribution in [0.1, 0.15) is 38.4 Å². The number of hydrogen-bond donors (Lipinski definition) is 1. The number of fused-ring (bicyclic) bond motifs is 1. The van der Waals surface area contributed by atoms with Crippen molar-refractivity contribution in [2.75, 3.05) is 6.61 Å². The number of nitrogens with one attached hydrogen (secondary N) is 1. The number of aromatic nitrogens is 2. The fourth-order valence-corrected chi connectivity index (χ4v) is 2.73. The highest BCUT2D eigenvalue weighted by Crippen LogP contribution is 2.25. The van der Waals surface area contributed by atoms with E-state index in [4.69, 9.17) is 4.74 Å². The van der Waals surface area contributed by atoms with Gasteiger partial charge in [0, 0.05) is 24.0 Å². The Hall–Kier alpha value is -2.37. The number of pyridine rings is 1. The third kappa shape index (κ3) is 2.45. The van der Waals surface area contributed by atoms with Gasteiger partial charge < -0.3 is 4.74 Å². The van der Waals surface area contributed by atoms with Gasteiger partial charge in [0.15, 0.2) is 0 Å². The van der Waals surface area contributed by atoms with Gasteiger partial charge in [0.25, 0.3) is 0 Å². The van der Waals surface area contributed by atoms with Crippen molar-refractivity contribution in [2.45, 2.75) is 33.6 Å². The molecule has 0 fully saturated rings. The average Bonchev–Trinajstić information content (AvgIpc) is 2.93. The molecule has 1 N–H and O–H groups in total. The summed E-state index contributed by atoms with van der Waals surface area (Å²) in [5, 5.41) is 8.85. The quantitative estimate of drug-likeness (QED) is 0.940. The van der Waals surface area contributed by atoms with E-state index in [1.165, 1.54) is 0 Å². The number of hydrazone groups is 1. The summed E-state index contributed by atoms with van der Waals surface area (Å²) >= 11 is 0. The van der Waals surface area contributed by atoms with Gasteiger partial charge >= 0.3 is 0 Å². The van der Waals surface area contributed by atoms with Crippen LogP contribution >= 0.6 is 0 Å². The fourth-order valence-electron chi connectivity index (χ4n) is 2.73. The van der Waals surface area contributed by atoms with Gasteiger partial charge in [0.2, 0.25) is 11.8 Å². The first kappa shape index (κ1) is 14.6. The second kappa shape index (κ2) is 5.79. The molecule has 1 amide bonds. The molecule has 1 atom stereocenters. The molecular weight excluding hydrogens is 280 g/mol. The predicted octanol–water partition coefficient (Wildman–Crippen LogP) is 2.16. The van der Waals surface area contributed by atoms with E-state index in [9.17, 15) is 4.79 Å². The van der Waals surface area contributed by atoms with Gasteiger partial charge in [-0.15, -0.1) is 0 Å². The normalized spacial score (nSPS) is 18.2.